The second kappa shape index (κ2) is 6.87. The summed E-state index contributed by atoms with van der Waals surface area (Å²) in [5, 5.41) is 18.7. The summed E-state index contributed by atoms with van der Waals surface area (Å²) in [5.74, 6) is -0.973. The number of nitro groups is 1. The standard InChI is InChI=1S/C17H10FN5O5/c18-12-6-4-10(5-7-12)16-20-22(17(24)27-16)9-14-19-15(21-28-14)11-2-1-3-13(8-11)23(25)26/h1-8H,9H2. The van der Waals surface area contributed by atoms with E-state index < -0.39 is 16.5 Å². The molecule has 4 rings (SSSR count). The maximum absolute atomic E-state index is 13.0. The summed E-state index contributed by atoms with van der Waals surface area (Å²) in [6.07, 6.45) is 0. The third-order valence-corrected chi connectivity index (χ3v) is 3.77. The first-order valence-electron chi connectivity index (χ1n) is 7.91. The monoisotopic (exact) mass is 383 g/mol. The van der Waals surface area contributed by atoms with Crippen molar-refractivity contribution in [1.29, 1.82) is 0 Å². The van der Waals surface area contributed by atoms with Crippen molar-refractivity contribution < 1.29 is 18.3 Å². The van der Waals surface area contributed by atoms with Crippen molar-refractivity contribution in [3.8, 4) is 22.8 Å². The number of hydrogen-bond acceptors (Lipinski definition) is 8. The fraction of sp³-hybridized carbons (Fsp3) is 0.0588. The van der Waals surface area contributed by atoms with Crippen LogP contribution in [0.2, 0.25) is 0 Å². The zero-order valence-electron chi connectivity index (χ0n) is 14.0. The summed E-state index contributed by atoms with van der Waals surface area (Å²) in [6.45, 7) is -0.161. The smallest absolute Gasteiger partial charge is 0.388 e. The Bertz CT molecular complexity index is 1210. The van der Waals surface area contributed by atoms with E-state index in [4.69, 9.17) is 8.94 Å². The fourth-order valence-electron chi connectivity index (χ4n) is 2.44. The molecule has 0 saturated carbocycles. The Morgan fingerprint density at radius 2 is 1.93 bits per heavy atom. The van der Waals surface area contributed by atoms with Crippen molar-refractivity contribution in [2.45, 2.75) is 6.54 Å². The van der Waals surface area contributed by atoms with Gasteiger partial charge in [0.2, 0.25) is 17.6 Å². The topological polar surface area (TPSA) is 130 Å². The Kier molecular flexibility index (Phi) is 4.24. The van der Waals surface area contributed by atoms with Gasteiger partial charge in [0.15, 0.2) is 0 Å². The Balaban J connectivity index is 1.58. The third-order valence-electron chi connectivity index (χ3n) is 3.77. The van der Waals surface area contributed by atoms with Crippen molar-refractivity contribution in [2.75, 3.05) is 0 Å². The fourth-order valence-corrected chi connectivity index (χ4v) is 2.44. The van der Waals surface area contributed by atoms with Crippen molar-refractivity contribution >= 4 is 5.69 Å². The third kappa shape index (κ3) is 3.40. The van der Waals surface area contributed by atoms with Crippen LogP contribution in [0, 0.1) is 15.9 Å². The first-order chi connectivity index (χ1) is 13.5. The average molecular weight is 383 g/mol. The lowest BCUT2D eigenvalue weighted by Gasteiger charge is -1.94. The molecule has 0 radical (unpaired) electrons. The lowest BCUT2D eigenvalue weighted by atomic mass is 10.2. The van der Waals surface area contributed by atoms with E-state index in [2.05, 4.69) is 15.2 Å². The lowest BCUT2D eigenvalue weighted by molar-refractivity contribution is -0.384. The lowest BCUT2D eigenvalue weighted by Crippen LogP contribution is -2.16. The van der Waals surface area contributed by atoms with Crippen LogP contribution in [-0.2, 0) is 6.54 Å². The van der Waals surface area contributed by atoms with Crippen LogP contribution in [0.3, 0.4) is 0 Å². The Morgan fingerprint density at radius 3 is 2.68 bits per heavy atom. The molecular formula is C17H10FN5O5. The SMILES string of the molecule is O=c1oc(-c2ccc(F)cc2)nn1Cc1nc(-c2cccc([N+](=O)[O-])c2)no1. The van der Waals surface area contributed by atoms with Crippen LogP contribution in [-0.4, -0.2) is 24.8 Å². The molecule has 0 aliphatic carbocycles. The second-order valence-corrected chi connectivity index (χ2v) is 5.66. The highest BCUT2D eigenvalue weighted by molar-refractivity contribution is 5.58. The van der Waals surface area contributed by atoms with E-state index in [1.165, 1.54) is 42.5 Å². The first-order valence-corrected chi connectivity index (χ1v) is 7.91. The molecule has 28 heavy (non-hydrogen) atoms. The summed E-state index contributed by atoms with van der Waals surface area (Å²) in [6, 6.07) is 11.0. The molecule has 0 saturated heterocycles. The second-order valence-electron chi connectivity index (χ2n) is 5.66. The van der Waals surface area contributed by atoms with E-state index in [0.29, 0.717) is 11.1 Å². The molecule has 0 unspecified atom stereocenters. The number of non-ortho nitro benzene ring substituents is 1. The largest absolute Gasteiger partial charge is 0.437 e. The number of nitrogens with zero attached hydrogens (tertiary/aromatic N) is 5. The van der Waals surface area contributed by atoms with Gasteiger partial charge in [-0.3, -0.25) is 10.1 Å². The van der Waals surface area contributed by atoms with E-state index in [0.717, 1.165) is 4.68 Å². The minimum absolute atomic E-state index is 0.0171. The van der Waals surface area contributed by atoms with Crippen molar-refractivity contribution in [2.24, 2.45) is 0 Å². The number of nitro benzene ring substituents is 1. The van der Waals surface area contributed by atoms with E-state index in [9.17, 15) is 19.3 Å². The van der Waals surface area contributed by atoms with Gasteiger partial charge in [-0.05, 0) is 24.3 Å². The van der Waals surface area contributed by atoms with E-state index in [-0.39, 0.29) is 29.8 Å². The summed E-state index contributed by atoms with van der Waals surface area (Å²) < 4.78 is 24.1. The first kappa shape index (κ1) is 17.3. The Labute approximate surface area is 155 Å². The Hall–Kier alpha value is -4.15. The zero-order valence-corrected chi connectivity index (χ0v) is 14.0. The van der Waals surface area contributed by atoms with Crippen LogP contribution in [0.25, 0.3) is 22.8 Å². The molecule has 2 heterocycles. The molecule has 0 N–H and O–H groups in total. The van der Waals surface area contributed by atoms with Crippen molar-refractivity contribution in [1.82, 2.24) is 19.9 Å². The molecule has 2 aromatic carbocycles. The molecule has 0 aliphatic rings. The summed E-state index contributed by atoms with van der Waals surface area (Å²) >= 11 is 0. The minimum atomic E-state index is -0.755. The van der Waals surface area contributed by atoms with Gasteiger partial charge in [0.1, 0.15) is 12.4 Å². The summed E-state index contributed by atoms with van der Waals surface area (Å²) in [4.78, 5) is 26.4. The molecule has 0 aliphatic heterocycles. The Morgan fingerprint density at radius 1 is 1.14 bits per heavy atom. The summed E-state index contributed by atoms with van der Waals surface area (Å²) in [5.41, 5.74) is 0.712. The molecule has 0 atom stereocenters. The highest BCUT2D eigenvalue weighted by atomic mass is 19.1. The van der Waals surface area contributed by atoms with Gasteiger partial charge in [-0.25, -0.2) is 9.18 Å². The maximum Gasteiger partial charge on any atom is 0.437 e. The normalized spacial score (nSPS) is 10.9. The molecule has 11 heteroatoms. The van der Waals surface area contributed by atoms with Crippen LogP contribution in [0.1, 0.15) is 5.89 Å². The van der Waals surface area contributed by atoms with E-state index >= 15 is 0 Å². The number of hydrogen-bond donors (Lipinski definition) is 0. The van der Waals surface area contributed by atoms with Gasteiger partial charge < -0.3 is 8.94 Å². The van der Waals surface area contributed by atoms with E-state index in [1.807, 2.05) is 0 Å². The van der Waals surface area contributed by atoms with Crippen LogP contribution in [0.5, 0.6) is 0 Å². The highest BCUT2D eigenvalue weighted by Gasteiger charge is 2.16. The van der Waals surface area contributed by atoms with Crippen molar-refractivity contribution in [3.05, 3.63) is 80.9 Å². The molecule has 0 bridgehead atoms. The van der Waals surface area contributed by atoms with Gasteiger partial charge in [0, 0.05) is 23.3 Å². The number of rotatable bonds is 5. The van der Waals surface area contributed by atoms with Gasteiger partial charge in [0.25, 0.3) is 5.69 Å². The number of halogens is 1. The van der Waals surface area contributed by atoms with Crippen LogP contribution in [0.4, 0.5) is 10.1 Å². The molecular weight excluding hydrogens is 373 g/mol. The van der Waals surface area contributed by atoms with E-state index in [1.54, 1.807) is 6.07 Å². The van der Waals surface area contributed by atoms with Gasteiger partial charge in [-0.2, -0.15) is 9.67 Å². The molecule has 2 aromatic heterocycles. The summed E-state index contributed by atoms with van der Waals surface area (Å²) in [7, 11) is 0. The maximum atomic E-state index is 13.0. The van der Waals surface area contributed by atoms with Crippen LogP contribution < -0.4 is 5.76 Å². The van der Waals surface area contributed by atoms with Gasteiger partial charge >= 0.3 is 5.76 Å². The molecule has 10 nitrogen and oxygen atoms in total. The van der Waals surface area contributed by atoms with Gasteiger partial charge in [-0.1, -0.05) is 17.3 Å². The van der Waals surface area contributed by atoms with Crippen LogP contribution >= 0.6 is 0 Å². The molecule has 0 amide bonds. The van der Waals surface area contributed by atoms with Gasteiger partial charge in [0.05, 0.1) is 4.92 Å². The average Bonchev–Trinajstić information content (AvgIpc) is 3.30. The number of aromatic nitrogens is 4. The predicted molar refractivity (Wildman–Crippen MR) is 91.6 cm³/mol. The quantitative estimate of drug-likeness (QED) is 0.380. The highest BCUT2D eigenvalue weighted by Crippen LogP contribution is 2.21. The minimum Gasteiger partial charge on any atom is -0.388 e. The van der Waals surface area contributed by atoms with Crippen LogP contribution in [0.15, 0.2) is 62.3 Å². The molecule has 0 fully saturated rings. The van der Waals surface area contributed by atoms with Crippen molar-refractivity contribution in [3.63, 3.8) is 0 Å². The predicted octanol–water partition coefficient (Wildman–Crippen LogP) is 2.65. The zero-order chi connectivity index (χ0) is 19.7. The number of benzene rings is 2. The molecule has 4 aromatic rings. The van der Waals surface area contributed by atoms with Gasteiger partial charge in [-0.15, -0.1) is 5.10 Å². The molecule has 0 spiro atoms. The molecule has 140 valence electrons.